The number of nitrogens with zero attached hydrogens (tertiary/aromatic N) is 3. The van der Waals surface area contributed by atoms with Gasteiger partial charge < -0.3 is 9.30 Å². The van der Waals surface area contributed by atoms with Crippen molar-refractivity contribution >= 4 is 9.84 Å². The van der Waals surface area contributed by atoms with Crippen LogP contribution in [0.2, 0.25) is 0 Å². The number of ether oxygens (including phenoxy) is 1. The van der Waals surface area contributed by atoms with Crippen molar-refractivity contribution in [1.82, 2.24) is 14.8 Å². The van der Waals surface area contributed by atoms with Crippen LogP contribution in [0, 0.1) is 6.92 Å². The fourth-order valence-electron chi connectivity index (χ4n) is 2.13. The summed E-state index contributed by atoms with van der Waals surface area (Å²) in [5.41, 5.74) is 1.89. The molecule has 0 aliphatic carbocycles. The van der Waals surface area contributed by atoms with Gasteiger partial charge in [-0.1, -0.05) is 24.3 Å². The zero-order valence-electron chi connectivity index (χ0n) is 13.3. The van der Waals surface area contributed by atoms with Crippen molar-refractivity contribution in [3.8, 4) is 11.4 Å². The minimum Gasteiger partial charge on any atom is -0.378 e. The summed E-state index contributed by atoms with van der Waals surface area (Å²) in [5.74, 6) is 0.437. The molecule has 0 aliphatic heterocycles. The Morgan fingerprint density at radius 3 is 2.55 bits per heavy atom. The van der Waals surface area contributed by atoms with Crippen LogP contribution in [0.5, 0.6) is 0 Å². The molecule has 22 heavy (non-hydrogen) atoms. The van der Waals surface area contributed by atoms with E-state index in [9.17, 15) is 8.42 Å². The van der Waals surface area contributed by atoms with Gasteiger partial charge in [0, 0.05) is 12.6 Å². The zero-order chi connectivity index (χ0) is 16.3. The molecule has 0 bridgehead atoms. The van der Waals surface area contributed by atoms with E-state index < -0.39 is 9.84 Å². The molecule has 6 nitrogen and oxygen atoms in total. The molecule has 0 atom stereocenters. The molecule has 0 unspecified atom stereocenters. The first-order chi connectivity index (χ1) is 10.3. The van der Waals surface area contributed by atoms with Gasteiger partial charge in [0.05, 0.1) is 18.5 Å². The van der Waals surface area contributed by atoms with Crippen molar-refractivity contribution in [2.24, 2.45) is 7.05 Å². The van der Waals surface area contributed by atoms with Gasteiger partial charge >= 0.3 is 0 Å². The fourth-order valence-corrected chi connectivity index (χ4v) is 3.30. The number of benzene rings is 1. The van der Waals surface area contributed by atoms with Crippen molar-refractivity contribution in [1.29, 1.82) is 0 Å². The summed E-state index contributed by atoms with van der Waals surface area (Å²) < 4.78 is 31.6. The predicted molar refractivity (Wildman–Crippen MR) is 84.3 cm³/mol. The van der Waals surface area contributed by atoms with Crippen molar-refractivity contribution in [3.63, 3.8) is 0 Å². The third-order valence-corrected chi connectivity index (χ3v) is 4.92. The van der Waals surface area contributed by atoms with Crippen LogP contribution < -0.4 is 0 Å². The zero-order valence-corrected chi connectivity index (χ0v) is 14.1. The summed E-state index contributed by atoms with van der Waals surface area (Å²) in [4.78, 5) is 0. The highest BCUT2D eigenvalue weighted by Gasteiger charge is 2.24. The molecule has 0 saturated carbocycles. The second-order valence-electron chi connectivity index (χ2n) is 5.42. The Hall–Kier alpha value is -1.73. The lowest BCUT2D eigenvalue weighted by Gasteiger charge is -2.09. The molecular weight excluding hydrogens is 302 g/mol. The standard InChI is InChI=1S/C15H21N3O3S/c1-11(2)21-9-10-22(19,20)15-17-16-14(18(15)4)13-8-6-5-7-12(13)3/h5-8,11H,9-10H2,1-4H3. The molecule has 0 radical (unpaired) electrons. The Kier molecular flexibility index (Phi) is 4.97. The van der Waals surface area contributed by atoms with Gasteiger partial charge in [-0.3, -0.25) is 0 Å². The monoisotopic (exact) mass is 323 g/mol. The third-order valence-electron chi connectivity index (χ3n) is 3.30. The molecule has 1 aromatic heterocycles. The summed E-state index contributed by atoms with van der Waals surface area (Å²) in [6.07, 6.45) is -0.00257. The maximum atomic E-state index is 12.4. The summed E-state index contributed by atoms with van der Waals surface area (Å²) in [5, 5.41) is 7.89. The lowest BCUT2D eigenvalue weighted by Crippen LogP contribution is -2.18. The van der Waals surface area contributed by atoms with Crippen molar-refractivity contribution in [3.05, 3.63) is 29.8 Å². The van der Waals surface area contributed by atoms with E-state index in [0.717, 1.165) is 11.1 Å². The molecule has 0 N–H and O–H groups in total. The van der Waals surface area contributed by atoms with E-state index in [-0.39, 0.29) is 23.6 Å². The molecule has 0 fully saturated rings. The van der Waals surface area contributed by atoms with E-state index >= 15 is 0 Å². The summed E-state index contributed by atoms with van der Waals surface area (Å²) >= 11 is 0. The Bertz CT molecular complexity index is 751. The molecule has 1 heterocycles. The van der Waals surface area contributed by atoms with Gasteiger partial charge in [0.2, 0.25) is 15.0 Å². The van der Waals surface area contributed by atoms with E-state index in [2.05, 4.69) is 10.2 Å². The van der Waals surface area contributed by atoms with Crippen LogP contribution in [0.1, 0.15) is 19.4 Å². The van der Waals surface area contributed by atoms with Gasteiger partial charge in [0.1, 0.15) is 0 Å². The van der Waals surface area contributed by atoms with E-state index in [0.29, 0.717) is 5.82 Å². The van der Waals surface area contributed by atoms with Crippen LogP contribution in [0.15, 0.2) is 29.4 Å². The topological polar surface area (TPSA) is 74.1 Å². The highest BCUT2D eigenvalue weighted by molar-refractivity contribution is 7.91. The Morgan fingerprint density at radius 2 is 1.91 bits per heavy atom. The van der Waals surface area contributed by atoms with Gasteiger partial charge in [0.25, 0.3) is 0 Å². The summed E-state index contributed by atoms with van der Waals surface area (Å²) in [6, 6.07) is 7.67. The molecule has 120 valence electrons. The SMILES string of the molecule is Cc1ccccc1-c1nnc(S(=O)(=O)CCOC(C)C)n1C. The average molecular weight is 323 g/mol. The van der Waals surface area contributed by atoms with Crippen LogP contribution in [-0.4, -0.2) is 41.6 Å². The number of rotatable bonds is 6. The molecule has 2 rings (SSSR count). The first kappa shape index (κ1) is 16.6. The molecule has 2 aromatic rings. The van der Waals surface area contributed by atoms with Crippen LogP contribution in [0.4, 0.5) is 0 Å². The van der Waals surface area contributed by atoms with Crippen molar-refractivity contribution in [2.75, 3.05) is 12.4 Å². The third kappa shape index (κ3) is 3.53. The van der Waals surface area contributed by atoms with Crippen LogP contribution in [0.25, 0.3) is 11.4 Å². The highest BCUT2D eigenvalue weighted by Crippen LogP contribution is 2.22. The Balaban J connectivity index is 2.30. The van der Waals surface area contributed by atoms with Crippen molar-refractivity contribution < 1.29 is 13.2 Å². The first-order valence-electron chi connectivity index (χ1n) is 7.12. The molecule has 0 spiro atoms. The molecule has 7 heteroatoms. The fraction of sp³-hybridized carbons (Fsp3) is 0.467. The molecule has 1 aromatic carbocycles. The second kappa shape index (κ2) is 6.58. The number of aryl methyl sites for hydroxylation is 1. The number of hydrogen-bond acceptors (Lipinski definition) is 5. The van der Waals surface area contributed by atoms with E-state index in [4.69, 9.17) is 4.74 Å². The van der Waals surface area contributed by atoms with Gasteiger partial charge in [0.15, 0.2) is 5.82 Å². The Morgan fingerprint density at radius 1 is 1.23 bits per heavy atom. The maximum Gasteiger partial charge on any atom is 0.249 e. The van der Waals surface area contributed by atoms with E-state index in [1.807, 2.05) is 45.0 Å². The minimum atomic E-state index is -3.52. The lowest BCUT2D eigenvalue weighted by atomic mass is 10.1. The number of sulfone groups is 1. The Labute approximate surface area is 131 Å². The predicted octanol–water partition coefficient (Wildman–Crippen LogP) is 1.99. The van der Waals surface area contributed by atoms with Gasteiger partial charge in [-0.25, -0.2) is 8.42 Å². The van der Waals surface area contributed by atoms with Gasteiger partial charge in [-0.15, -0.1) is 10.2 Å². The van der Waals surface area contributed by atoms with E-state index in [1.165, 1.54) is 4.57 Å². The van der Waals surface area contributed by atoms with Crippen LogP contribution in [0.3, 0.4) is 0 Å². The number of aromatic nitrogens is 3. The summed E-state index contributed by atoms with van der Waals surface area (Å²) in [7, 11) is -1.86. The van der Waals surface area contributed by atoms with Crippen LogP contribution >= 0.6 is 0 Å². The lowest BCUT2D eigenvalue weighted by molar-refractivity contribution is 0.0912. The maximum absolute atomic E-state index is 12.4. The highest BCUT2D eigenvalue weighted by atomic mass is 32.2. The average Bonchev–Trinajstić information content (AvgIpc) is 2.81. The number of hydrogen-bond donors (Lipinski definition) is 0. The minimum absolute atomic E-state index is 0.00257. The molecular formula is C15H21N3O3S. The molecule has 0 saturated heterocycles. The normalized spacial score (nSPS) is 12.0. The second-order valence-corrected chi connectivity index (χ2v) is 7.42. The molecule has 0 amide bonds. The van der Waals surface area contributed by atoms with Gasteiger partial charge in [-0.2, -0.15) is 0 Å². The van der Waals surface area contributed by atoms with Gasteiger partial charge in [-0.05, 0) is 26.3 Å². The smallest absolute Gasteiger partial charge is 0.249 e. The van der Waals surface area contributed by atoms with Crippen molar-refractivity contribution in [2.45, 2.75) is 32.0 Å². The summed E-state index contributed by atoms with van der Waals surface area (Å²) in [6.45, 7) is 5.83. The quantitative estimate of drug-likeness (QED) is 0.813. The van der Waals surface area contributed by atoms with E-state index in [1.54, 1.807) is 7.05 Å². The van der Waals surface area contributed by atoms with Crippen LogP contribution in [-0.2, 0) is 21.6 Å². The largest absolute Gasteiger partial charge is 0.378 e. The molecule has 0 aliphatic rings. The first-order valence-corrected chi connectivity index (χ1v) is 8.78.